The van der Waals surface area contributed by atoms with Crippen LogP contribution in [0.4, 0.5) is 0 Å². The molecule has 0 aromatic heterocycles. The highest BCUT2D eigenvalue weighted by atomic mass is 16.5. The molecule has 1 atom stereocenters. The van der Waals surface area contributed by atoms with Gasteiger partial charge in [0.15, 0.2) is 0 Å². The summed E-state index contributed by atoms with van der Waals surface area (Å²) < 4.78 is 10.7. The minimum absolute atomic E-state index is 0.265. The molecule has 1 aromatic rings. The molecule has 3 rings (SSSR count). The van der Waals surface area contributed by atoms with Gasteiger partial charge in [0.2, 0.25) is 5.91 Å². The van der Waals surface area contributed by atoms with Crippen molar-refractivity contribution in [1.82, 2.24) is 5.32 Å². The fraction of sp³-hybridized carbons (Fsp3) is 0.556. The van der Waals surface area contributed by atoms with Crippen LogP contribution < -0.4 is 11.1 Å². The van der Waals surface area contributed by atoms with Crippen LogP contribution in [0.1, 0.15) is 29.5 Å². The molecule has 1 unspecified atom stereocenters. The molecule has 0 saturated carbocycles. The molecule has 1 saturated heterocycles. The summed E-state index contributed by atoms with van der Waals surface area (Å²) in [6.45, 7) is 2.32. The van der Waals surface area contributed by atoms with E-state index in [1.165, 1.54) is 11.1 Å². The van der Waals surface area contributed by atoms with Gasteiger partial charge in [-0.3, -0.25) is 4.79 Å². The number of hydrogen-bond donors (Lipinski definition) is 2. The van der Waals surface area contributed by atoms with Crippen molar-refractivity contribution in [2.24, 2.45) is 5.73 Å². The predicted molar refractivity (Wildman–Crippen MR) is 88.0 cm³/mol. The quantitative estimate of drug-likeness (QED) is 0.852. The van der Waals surface area contributed by atoms with Crippen molar-refractivity contribution in [2.75, 3.05) is 19.8 Å². The van der Waals surface area contributed by atoms with Gasteiger partial charge in [-0.15, -0.1) is 0 Å². The first-order chi connectivity index (χ1) is 11.6. The third-order valence-corrected chi connectivity index (χ3v) is 4.78. The molecule has 128 valence electrons. The normalized spacial score (nSPS) is 20.5. The molecule has 2 aliphatic heterocycles. The van der Waals surface area contributed by atoms with Crippen LogP contribution in [0.5, 0.6) is 0 Å². The summed E-state index contributed by atoms with van der Waals surface area (Å²) in [5.74, 6) is -0.265. The molecule has 1 amide bonds. The Morgan fingerprint density at radius 3 is 2.83 bits per heavy atom. The maximum Gasteiger partial charge on any atom is 0.241 e. The van der Waals surface area contributed by atoms with E-state index in [9.17, 15) is 10.1 Å². The Balaban J connectivity index is 1.64. The van der Waals surface area contributed by atoms with E-state index < -0.39 is 11.6 Å². The predicted octanol–water partition coefficient (Wildman–Crippen LogP) is 0.818. The van der Waals surface area contributed by atoms with Crippen LogP contribution in [-0.4, -0.2) is 37.3 Å². The number of ether oxygens (including phenoxy) is 2. The highest BCUT2D eigenvalue weighted by Gasteiger charge is 2.36. The average Bonchev–Trinajstić information content (AvgIpc) is 2.61. The van der Waals surface area contributed by atoms with E-state index in [-0.39, 0.29) is 5.91 Å². The van der Waals surface area contributed by atoms with Crippen LogP contribution in [0, 0.1) is 11.3 Å². The Labute approximate surface area is 141 Å². The summed E-state index contributed by atoms with van der Waals surface area (Å²) in [7, 11) is 0. The van der Waals surface area contributed by atoms with E-state index in [0.29, 0.717) is 39.1 Å². The second-order valence-electron chi connectivity index (χ2n) is 6.53. The molecule has 6 heteroatoms. The monoisotopic (exact) mass is 329 g/mol. The Kier molecular flexibility index (Phi) is 5.14. The van der Waals surface area contributed by atoms with Crippen molar-refractivity contribution in [3.63, 3.8) is 0 Å². The highest BCUT2D eigenvalue weighted by Crippen LogP contribution is 2.20. The number of benzene rings is 1. The van der Waals surface area contributed by atoms with Gasteiger partial charge in [0.25, 0.3) is 0 Å². The standard InChI is InChI=1S/C18H23N3O3/c19-11-16(21-17(22)18(20)4-7-23-8-5-18)10-13-1-2-14-3-6-24-12-15(14)9-13/h1-2,9,16H,3-8,10,12,20H2,(H,21,22). The molecule has 0 bridgehead atoms. The van der Waals surface area contributed by atoms with Crippen LogP contribution in [0.25, 0.3) is 0 Å². The molecule has 1 aromatic carbocycles. The zero-order valence-electron chi connectivity index (χ0n) is 13.7. The minimum atomic E-state index is -0.933. The van der Waals surface area contributed by atoms with Crippen LogP contribution in [0.15, 0.2) is 18.2 Å². The van der Waals surface area contributed by atoms with Gasteiger partial charge < -0.3 is 20.5 Å². The molecule has 0 spiro atoms. The van der Waals surface area contributed by atoms with Crippen molar-refractivity contribution < 1.29 is 14.3 Å². The number of carbonyl (C=O) groups excluding carboxylic acids is 1. The molecule has 2 aliphatic rings. The molecular formula is C18H23N3O3. The van der Waals surface area contributed by atoms with Crippen LogP contribution in [0.3, 0.4) is 0 Å². The van der Waals surface area contributed by atoms with Crippen LogP contribution in [0.2, 0.25) is 0 Å². The van der Waals surface area contributed by atoms with Crippen molar-refractivity contribution in [3.05, 3.63) is 34.9 Å². The number of rotatable bonds is 4. The van der Waals surface area contributed by atoms with Crippen molar-refractivity contribution >= 4 is 5.91 Å². The van der Waals surface area contributed by atoms with Crippen LogP contribution >= 0.6 is 0 Å². The number of amides is 1. The smallest absolute Gasteiger partial charge is 0.241 e. The molecule has 1 fully saturated rings. The molecule has 2 heterocycles. The Morgan fingerprint density at radius 2 is 2.08 bits per heavy atom. The van der Waals surface area contributed by atoms with Gasteiger partial charge in [-0.05, 0) is 36.0 Å². The van der Waals surface area contributed by atoms with Gasteiger partial charge in [-0.1, -0.05) is 18.2 Å². The SMILES string of the molecule is N#CC(Cc1ccc2c(c1)COCC2)NC(=O)C1(N)CCOCC1. The Morgan fingerprint density at radius 1 is 1.29 bits per heavy atom. The summed E-state index contributed by atoms with van der Waals surface area (Å²) in [6.07, 6.45) is 2.34. The number of fused-ring (bicyclic) bond motifs is 1. The lowest BCUT2D eigenvalue weighted by molar-refractivity contribution is -0.130. The third-order valence-electron chi connectivity index (χ3n) is 4.78. The second kappa shape index (κ2) is 7.31. The van der Waals surface area contributed by atoms with Gasteiger partial charge in [0, 0.05) is 19.6 Å². The van der Waals surface area contributed by atoms with Crippen molar-refractivity contribution in [3.8, 4) is 6.07 Å². The van der Waals surface area contributed by atoms with E-state index in [0.717, 1.165) is 18.6 Å². The van der Waals surface area contributed by atoms with Gasteiger partial charge in [0.1, 0.15) is 6.04 Å². The number of nitrogens with one attached hydrogen (secondary N) is 1. The Bertz CT molecular complexity index is 647. The molecule has 24 heavy (non-hydrogen) atoms. The van der Waals surface area contributed by atoms with Gasteiger partial charge in [0.05, 0.1) is 24.8 Å². The van der Waals surface area contributed by atoms with E-state index in [1.54, 1.807) is 0 Å². The number of nitriles is 1. The first kappa shape index (κ1) is 16.9. The fourth-order valence-electron chi connectivity index (χ4n) is 3.18. The molecular weight excluding hydrogens is 306 g/mol. The first-order valence-electron chi connectivity index (χ1n) is 8.36. The maximum atomic E-state index is 12.4. The minimum Gasteiger partial charge on any atom is -0.381 e. The number of hydrogen-bond acceptors (Lipinski definition) is 5. The number of nitrogens with zero attached hydrogens (tertiary/aromatic N) is 1. The van der Waals surface area contributed by atoms with E-state index in [2.05, 4.69) is 23.5 Å². The summed E-state index contributed by atoms with van der Waals surface area (Å²) in [5.41, 5.74) is 8.72. The van der Waals surface area contributed by atoms with Crippen molar-refractivity contribution in [2.45, 2.75) is 43.9 Å². The molecule has 6 nitrogen and oxygen atoms in total. The lowest BCUT2D eigenvalue weighted by Gasteiger charge is -2.32. The second-order valence-corrected chi connectivity index (χ2v) is 6.53. The zero-order valence-corrected chi connectivity index (χ0v) is 13.7. The Hall–Kier alpha value is -1.94. The fourth-order valence-corrected chi connectivity index (χ4v) is 3.18. The maximum absolute atomic E-state index is 12.4. The molecule has 0 aliphatic carbocycles. The van der Waals surface area contributed by atoms with E-state index in [1.807, 2.05) is 6.07 Å². The van der Waals surface area contributed by atoms with Crippen LogP contribution in [-0.2, 0) is 33.7 Å². The van der Waals surface area contributed by atoms with E-state index >= 15 is 0 Å². The lowest BCUT2D eigenvalue weighted by atomic mass is 9.89. The lowest BCUT2D eigenvalue weighted by Crippen LogP contribution is -2.58. The van der Waals surface area contributed by atoms with Gasteiger partial charge in [-0.25, -0.2) is 0 Å². The summed E-state index contributed by atoms with van der Waals surface area (Å²) in [4.78, 5) is 12.4. The first-order valence-corrected chi connectivity index (χ1v) is 8.36. The number of nitrogens with two attached hydrogens (primary N) is 1. The van der Waals surface area contributed by atoms with Gasteiger partial charge >= 0.3 is 0 Å². The topological polar surface area (TPSA) is 97.4 Å². The van der Waals surface area contributed by atoms with E-state index in [4.69, 9.17) is 15.2 Å². The highest BCUT2D eigenvalue weighted by molar-refractivity contribution is 5.86. The molecule has 3 N–H and O–H groups in total. The average molecular weight is 329 g/mol. The summed E-state index contributed by atoms with van der Waals surface area (Å²) in [6, 6.07) is 7.75. The number of carbonyl (C=O) groups is 1. The largest absolute Gasteiger partial charge is 0.381 e. The zero-order chi connectivity index (χ0) is 17.0. The third kappa shape index (κ3) is 3.75. The van der Waals surface area contributed by atoms with Gasteiger partial charge in [-0.2, -0.15) is 5.26 Å². The molecule has 0 radical (unpaired) electrons. The summed E-state index contributed by atoms with van der Waals surface area (Å²) in [5, 5.41) is 12.2. The summed E-state index contributed by atoms with van der Waals surface area (Å²) >= 11 is 0. The van der Waals surface area contributed by atoms with Crippen molar-refractivity contribution in [1.29, 1.82) is 5.26 Å².